The van der Waals surface area contributed by atoms with Gasteiger partial charge in [-0.2, -0.15) is 0 Å². The van der Waals surface area contributed by atoms with Gasteiger partial charge in [-0.3, -0.25) is 4.79 Å². The lowest BCUT2D eigenvalue weighted by Gasteiger charge is -2.31. The van der Waals surface area contributed by atoms with Crippen LogP contribution in [0.3, 0.4) is 0 Å². The summed E-state index contributed by atoms with van der Waals surface area (Å²) in [7, 11) is 0. The number of nitrogens with zero attached hydrogens (tertiary/aromatic N) is 1. The molecule has 0 unspecified atom stereocenters. The van der Waals surface area contributed by atoms with Crippen LogP contribution in [-0.4, -0.2) is 22.6 Å². The van der Waals surface area contributed by atoms with Crippen LogP contribution < -0.4 is 0 Å². The van der Waals surface area contributed by atoms with Crippen molar-refractivity contribution in [3.8, 4) is 0 Å². The molecular formula is C8H13NOS. The van der Waals surface area contributed by atoms with Crippen LogP contribution in [-0.2, 0) is 4.79 Å². The summed E-state index contributed by atoms with van der Waals surface area (Å²) in [5.41, 5.74) is 0. The van der Waals surface area contributed by atoms with Gasteiger partial charge in [-0.25, -0.2) is 0 Å². The first-order valence-electron chi connectivity index (χ1n) is 3.76. The Labute approximate surface area is 71.6 Å². The Morgan fingerprint density at radius 3 is 2.64 bits per heavy atom. The maximum absolute atomic E-state index is 11.3. The summed E-state index contributed by atoms with van der Waals surface area (Å²) in [4.78, 5) is 13.1. The molecule has 0 saturated carbocycles. The van der Waals surface area contributed by atoms with Gasteiger partial charge in [0.2, 0.25) is 5.91 Å². The van der Waals surface area contributed by atoms with Crippen LogP contribution in [0, 0.1) is 0 Å². The minimum absolute atomic E-state index is 0.212. The van der Waals surface area contributed by atoms with Gasteiger partial charge in [-0.1, -0.05) is 6.58 Å². The van der Waals surface area contributed by atoms with Crippen molar-refractivity contribution < 1.29 is 4.79 Å². The van der Waals surface area contributed by atoms with Gasteiger partial charge in [0, 0.05) is 18.2 Å². The molecule has 1 rings (SSSR count). The number of rotatable bonds is 1. The predicted molar refractivity (Wildman–Crippen MR) is 48.2 cm³/mol. The molecule has 0 atom stereocenters. The van der Waals surface area contributed by atoms with Gasteiger partial charge in [0.25, 0.3) is 0 Å². The molecule has 1 aliphatic heterocycles. The monoisotopic (exact) mass is 171 g/mol. The highest BCUT2D eigenvalue weighted by atomic mass is 32.2. The smallest absolute Gasteiger partial charge is 0.228 e. The highest BCUT2D eigenvalue weighted by Gasteiger charge is 2.23. The molecule has 0 N–H and O–H groups in total. The van der Waals surface area contributed by atoms with Crippen molar-refractivity contribution in [3.63, 3.8) is 0 Å². The van der Waals surface area contributed by atoms with Gasteiger partial charge in [-0.15, -0.1) is 11.8 Å². The number of hydrogen-bond acceptors (Lipinski definition) is 2. The summed E-state index contributed by atoms with van der Waals surface area (Å²) >= 11 is 1.67. The fourth-order valence-electron chi connectivity index (χ4n) is 1.16. The van der Waals surface area contributed by atoms with E-state index in [0.717, 1.165) is 10.8 Å². The minimum Gasteiger partial charge on any atom is -0.305 e. The second-order valence-corrected chi connectivity index (χ2v) is 4.02. The van der Waals surface area contributed by atoms with Crippen LogP contribution >= 0.6 is 11.8 Å². The second-order valence-electron chi connectivity index (χ2n) is 2.85. The van der Waals surface area contributed by atoms with Gasteiger partial charge < -0.3 is 4.90 Å². The highest BCUT2D eigenvalue weighted by molar-refractivity contribution is 8.03. The molecule has 1 saturated heterocycles. The van der Waals surface area contributed by atoms with Crippen molar-refractivity contribution in [2.24, 2.45) is 0 Å². The number of amides is 1. The Hall–Kier alpha value is -0.440. The highest BCUT2D eigenvalue weighted by Crippen LogP contribution is 2.27. The van der Waals surface area contributed by atoms with E-state index in [1.165, 1.54) is 0 Å². The van der Waals surface area contributed by atoms with Crippen molar-refractivity contribution in [2.75, 3.05) is 5.75 Å². The van der Waals surface area contributed by atoms with Crippen molar-refractivity contribution in [2.45, 2.75) is 26.3 Å². The Morgan fingerprint density at radius 1 is 1.64 bits per heavy atom. The lowest BCUT2D eigenvalue weighted by Crippen LogP contribution is -2.37. The zero-order valence-corrected chi connectivity index (χ0v) is 7.78. The predicted octanol–water partition coefficient (Wildman–Crippen LogP) is 1.83. The van der Waals surface area contributed by atoms with Crippen LogP contribution in [0.5, 0.6) is 0 Å². The van der Waals surface area contributed by atoms with Crippen LogP contribution in [0.4, 0.5) is 0 Å². The molecule has 0 aromatic carbocycles. The normalized spacial score (nSPS) is 19.7. The van der Waals surface area contributed by atoms with E-state index in [9.17, 15) is 4.79 Å². The second kappa shape index (κ2) is 3.30. The van der Waals surface area contributed by atoms with E-state index in [1.54, 1.807) is 16.7 Å². The quantitative estimate of drug-likeness (QED) is 0.600. The van der Waals surface area contributed by atoms with Gasteiger partial charge in [0.1, 0.15) is 0 Å². The maximum atomic E-state index is 11.3. The van der Waals surface area contributed by atoms with Gasteiger partial charge in [0.15, 0.2) is 0 Å². The maximum Gasteiger partial charge on any atom is 0.228 e. The molecule has 62 valence electrons. The molecule has 1 amide bonds. The SMILES string of the molecule is C=C1SCCC(=O)N1C(C)C. The molecule has 11 heavy (non-hydrogen) atoms. The van der Waals surface area contributed by atoms with E-state index in [-0.39, 0.29) is 11.9 Å². The molecule has 3 heteroatoms. The molecule has 0 spiro atoms. The molecule has 1 aliphatic rings. The Kier molecular flexibility index (Phi) is 2.60. The molecule has 0 bridgehead atoms. The molecule has 0 aliphatic carbocycles. The van der Waals surface area contributed by atoms with E-state index in [2.05, 4.69) is 6.58 Å². The van der Waals surface area contributed by atoms with E-state index < -0.39 is 0 Å². The van der Waals surface area contributed by atoms with E-state index in [1.807, 2.05) is 13.8 Å². The summed E-state index contributed by atoms with van der Waals surface area (Å²) < 4.78 is 0. The number of carbonyl (C=O) groups excluding carboxylic acids is 1. The Morgan fingerprint density at radius 2 is 2.27 bits per heavy atom. The first-order valence-corrected chi connectivity index (χ1v) is 4.75. The first-order chi connectivity index (χ1) is 5.13. The Balaban J connectivity index is 2.71. The third-order valence-corrected chi connectivity index (χ3v) is 2.58. The number of thioether (sulfide) groups is 1. The van der Waals surface area contributed by atoms with E-state index in [0.29, 0.717) is 6.42 Å². The third-order valence-electron chi connectivity index (χ3n) is 1.64. The summed E-state index contributed by atoms with van der Waals surface area (Å²) in [6, 6.07) is 0.253. The molecule has 0 aromatic rings. The van der Waals surface area contributed by atoms with Gasteiger partial charge in [-0.05, 0) is 13.8 Å². The molecular weight excluding hydrogens is 158 g/mol. The van der Waals surface area contributed by atoms with Gasteiger partial charge in [0.05, 0.1) is 5.03 Å². The third kappa shape index (κ3) is 1.77. The fourth-order valence-corrected chi connectivity index (χ4v) is 2.13. The first kappa shape index (κ1) is 8.65. The molecule has 1 fully saturated rings. The Bertz CT molecular complexity index is 173. The molecule has 0 aromatic heterocycles. The fraction of sp³-hybridized carbons (Fsp3) is 0.625. The van der Waals surface area contributed by atoms with E-state index in [4.69, 9.17) is 0 Å². The summed E-state index contributed by atoms with van der Waals surface area (Å²) in [6.07, 6.45) is 0.655. The van der Waals surface area contributed by atoms with Crippen LogP contribution in [0.25, 0.3) is 0 Å². The topological polar surface area (TPSA) is 20.3 Å². The van der Waals surface area contributed by atoms with Crippen molar-refractivity contribution in [1.82, 2.24) is 4.90 Å². The molecule has 2 nitrogen and oxygen atoms in total. The summed E-state index contributed by atoms with van der Waals surface area (Å²) in [5, 5.41) is 0.899. The van der Waals surface area contributed by atoms with Crippen LogP contribution in [0.1, 0.15) is 20.3 Å². The molecule has 0 radical (unpaired) electrons. The number of carbonyl (C=O) groups is 1. The van der Waals surface area contributed by atoms with Crippen molar-refractivity contribution >= 4 is 17.7 Å². The van der Waals surface area contributed by atoms with Gasteiger partial charge >= 0.3 is 0 Å². The van der Waals surface area contributed by atoms with E-state index >= 15 is 0 Å². The van der Waals surface area contributed by atoms with Crippen LogP contribution in [0.15, 0.2) is 11.6 Å². The lowest BCUT2D eigenvalue weighted by molar-refractivity contribution is -0.130. The largest absolute Gasteiger partial charge is 0.305 e. The number of hydrogen-bond donors (Lipinski definition) is 0. The zero-order valence-electron chi connectivity index (χ0n) is 6.96. The average Bonchev–Trinajstić information content (AvgIpc) is 1.85. The minimum atomic E-state index is 0.212. The summed E-state index contributed by atoms with van der Waals surface area (Å²) in [6.45, 7) is 7.85. The standard InChI is InChI=1S/C8H13NOS/c1-6(2)9-7(3)11-5-4-8(9)10/h6H,3-5H2,1-2H3. The van der Waals surface area contributed by atoms with Crippen molar-refractivity contribution in [3.05, 3.63) is 11.6 Å². The average molecular weight is 171 g/mol. The molecule has 1 heterocycles. The van der Waals surface area contributed by atoms with Crippen LogP contribution in [0.2, 0.25) is 0 Å². The zero-order chi connectivity index (χ0) is 8.43. The van der Waals surface area contributed by atoms with Crippen molar-refractivity contribution in [1.29, 1.82) is 0 Å². The summed E-state index contributed by atoms with van der Waals surface area (Å²) in [5.74, 6) is 1.10. The lowest BCUT2D eigenvalue weighted by atomic mass is 10.3.